The Morgan fingerprint density at radius 2 is 2.07 bits per heavy atom. The van der Waals surface area contributed by atoms with Gasteiger partial charge in [0.25, 0.3) is 0 Å². The predicted octanol–water partition coefficient (Wildman–Crippen LogP) is 1.79. The zero-order chi connectivity index (χ0) is 10.7. The maximum Gasteiger partial charge on any atom is 0.166 e. The van der Waals surface area contributed by atoms with E-state index in [-0.39, 0.29) is 24.1 Å². The highest BCUT2D eigenvalue weighted by atomic mass is 16.6. The summed E-state index contributed by atoms with van der Waals surface area (Å²) in [6.07, 6.45) is 0.388. The van der Waals surface area contributed by atoms with Crippen LogP contribution in [0.4, 0.5) is 0 Å². The van der Waals surface area contributed by atoms with Crippen LogP contribution in [0.1, 0.15) is 34.1 Å². The Morgan fingerprint density at radius 3 is 2.50 bits per heavy atom. The van der Waals surface area contributed by atoms with Gasteiger partial charge in [-0.3, -0.25) is 4.79 Å². The zero-order valence-electron chi connectivity index (χ0n) is 9.45. The molecule has 0 heterocycles. The maximum absolute atomic E-state index is 11.2. The van der Waals surface area contributed by atoms with Gasteiger partial charge in [0.05, 0.1) is 12.2 Å². The molecule has 0 aromatic carbocycles. The van der Waals surface area contributed by atoms with E-state index in [1.165, 1.54) is 0 Å². The lowest BCUT2D eigenvalue weighted by Crippen LogP contribution is -2.52. The van der Waals surface area contributed by atoms with Gasteiger partial charge in [0.2, 0.25) is 0 Å². The summed E-state index contributed by atoms with van der Waals surface area (Å²) in [7, 11) is 0. The highest BCUT2D eigenvalue weighted by molar-refractivity contribution is 5.90. The normalized spacial score (nSPS) is 29.1. The first-order valence-electron chi connectivity index (χ1n) is 5.36. The van der Waals surface area contributed by atoms with Crippen LogP contribution in [-0.2, 0) is 14.3 Å². The van der Waals surface area contributed by atoms with Crippen molar-refractivity contribution in [3.63, 3.8) is 0 Å². The minimum absolute atomic E-state index is 0.0140. The quantitative estimate of drug-likeness (QED) is 0.678. The molecule has 0 aromatic heterocycles. The van der Waals surface area contributed by atoms with Crippen molar-refractivity contribution in [1.29, 1.82) is 0 Å². The Labute approximate surface area is 85.8 Å². The number of carbonyl (C=O) groups excluding carboxylic acids is 1. The molecule has 0 saturated heterocycles. The van der Waals surface area contributed by atoms with Gasteiger partial charge >= 0.3 is 0 Å². The summed E-state index contributed by atoms with van der Waals surface area (Å²) in [4.78, 5) is 11.2. The third kappa shape index (κ3) is 2.55. The molecule has 1 saturated carbocycles. The Bertz CT molecular complexity index is 201. The standard InChI is InChI=1S/C11H20O3/c1-5-13-11-9(12)6-10(11)14-8(4)7(2)3/h7-8,10-11H,5-6H2,1-4H3. The van der Waals surface area contributed by atoms with E-state index in [9.17, 15) is 4.79 Å². The van der Waals surface area contributed by atoms with Crippen LogP contribution >= 0.6 is 0 Å². The summed E-state index contributed by atoms with van der Waals surface area (Å²) >= 11 is 0. The third-order valence-corrected chi connectivity index (χ3v) is 2.73. The molecule has 3 nitrogen and oxygen atoms in total. The molecule has 0 spiro atoms. The molecule has 0 N–H and O–H groups in total. The molecular weight excluding hydrogens is 180 g/mol. The molecule has 3 heteroatoms. The fourth-order valence-electron chi connectivity index (χ4n) is 1.40. The van der Waals surface area contributed by atoms with E-state index < -0.39 is 0 Å². The zero-order valence-corrected chi connectivity index (χ0v) is 9.45. The molecule has 14 heavy (non-hydrogen) atoms. The van der Waals surface area contributed by atoms with Crippen LogP contribution < -0.4 is 0 Å². The first kappa shape index (κ1) is 11.7. The molecule has 0 aromatic rings. The van der Waals surface area contributed by atoms with E-state index in [4.69, 9.17) is 9.47 Å². The van der Waals surface area contributed by atoms with Gasteiger partial charge in [-0.15, -0.1) is 0 Å². The summed E-state index contributed by atoms with van der Waals surface area (Å²) in [6, 6.07) is 0. The molecule has 3 atom stereocenters. The largest absolute Gasteiger partial charge is 0.371 e. The smallest absolute Gasteiger partial charge is 0.166 e. The summed E-state index contributed by atoms with van der Waals surface area (Å²) in [5.41, 5.74) is 0. The minimum Gasteiger partial charge on any atom is -0.371 e. The van der Waals surface area contributed by atoms with Gasteiger partial charge < -0.3 is 9.47 Å². The summed E-state index contributed by atoms with van der Waals surface area (Å²) in [5.74, 6) is 0.654. The van der Waals surface area contributed by atoms with Crippen LogP contribution in [0.15, 0.2) is 0 Å². The molecule has 3 unspecified atom stereocenters. The molecule has 0 amide bonds. The van der Waals surface area contributed by atoms with E-state index in [2.05, 4.69) is 13.8 Å². The first-order chi connectivity index (χ1) is 6.56. The topological polar surface area (TPSA) is 35.5 Å². The second kappa shape index (κ2) is 4.89. The molecule has 82 valence electrons. The van der Waals surface area contributed by atoms with Gasteiger partial charge in [0, 0.05) is 13.0 Å². The predicted molar refractivity (Wildman–Crippen MR) is 54.2 cm³/mol. The molecule has 1 rings (SSSR count). The van der Waals surface area contributed by atoms with Gasteiger partial charge in [0.15, 0.2) is 5.78 Å². The number of rotatable bonds is 5. The number of hydrogen-bond acceptors (Lipinski definition) is 3. The number of hydrogen-bond donors (Lipinski definition) is 0. The van der Waals surface area contributed by atoms with E-state index in [0.29, 0.717) is 18.9 Å². The summed E-state index contributed by atoms with van der Waals surface area (Å²) in [5, 5.41) is 0. The van der Waals surface area contributed by atoms with E-state index in [1.54, 1.807) is 0 Å². The van der Waals surface area contributed by atoms with Crippen LogP contribution in [-0.4, -0.2) is 30.7 Å². The lowest BCUT2D eigenvalue weighted by atomic mass is 9.89. The molecule has 1 fully saturated rings. The van der Waals surface area contributed by atoms with Crippen LogP contribution in [0.5, 0.6) is 0 Å². The molecular formula is C11H20O3. The molecule has 0 aliphatic heterocycles. The molecule has 0 bridgehead atoms. The summed E-state index contributed by atoms with van der Waals surface area (Å²) < 4.78 is 11.0. The highest BCUT2D eigenvalue weighted by Crippen LogP contribution is 2.25. The van der Waals surface area contributed by atoms with Crippen LogP contribution in [0.25, 0.3) is 0 Å². The van der Waals surface area contributed by atoms with Crippen molar-refractivity contribution < 1.29 is 14.3 Å². The lowest BCUT2D eigenvalue weighted by molar-refractivity contribution is -0.174. The fraction of sp³-hybridized carbons (Fsp3) is 0.909. The van der Waals surface area contributed by atoms with Crippen LogP contribution in [0, 0.1) is 5.92 Å². The molecule has 0 radical (unpaired) electrons. The van der Waals surface area contributed by atoms with E-state index in [1.807, 2.05) is 13.8 Å². The van der Waals surface area contributed by atoms with Crippen molar-refractivity contribution in [2.75, 3.05) is 6.61 Å². The average molecular weight is 200 g/mol. The Kier molecular flexibility index (Phi) is 4.08. The Balaban J connectivity index is 2.35. The average Bonchev–Trinajstić information content (AvgIpc) is 2.13. The SMILES string of the molecule is CCOC1C(=O)CC1OC(C)C(C)C. The van der Waals surface area contributed by atoms with Crippen molar-refractivity contribution in [3.05, 3.63) is 0 Å². The van der Waals surface area contributed by atoms with Crippen LogP contribution in [0.3, 0.4) is 0 Å². The van der Waals surface area contributed by atoms with Gasteiger partial charge in [-0.05, 0) is 19.8 Å². The number of ketones is 1. The molecule has 1 aliphatic carbocycles. The van der Waals surface area contributed by atoms with E-state index in [0.717, 1.165) is 0 Å². The van der Waals surface area contributed by atoms with Crippen molar-refractivity contribution in [2.24, 2.45) is 5.92 Å². The van der Waals surface area contributed by atoms with Crippen molar-refractivity contribution >= 4 is 5.78 Å². The summed E-state index contributed by atoms with van der Waals surface area (Å²) in [6.45, 7) is 8.74. The first-order valence-corrected chi connectivity index (χ1v) is 5.36. The van der Waals surface area contributed by atoms with Gasteiger partial charge in [-0.25, -0.2) is 0 Å². The number of Topliss-reactive ketones (excluding diaryl/α,β-unsaturated/α-hetero) is 1. The lowest BCUT2D eigenvalue weighted by Gasteiger charge is -2.36. The van der Waals surface area contributed by atoms with Gasteiger partial charge in [-0.1, -0.05) is 13.8 Å². The van der Waals surface area contributed by atoms with Crippen molar-refractivity contribution in [1.82, 2.24) is 0 Å². The maximum atomic E-state index is 11.2. The minimum atomic E-state index is -0.304. The Morgan fingerprint density at radius 1 is 1.43 bits per heavy atom. The third-order valence-electron chi connectivity index (χ3n) is 2.73. The second-order valence-electron chi connectivity index (χ2n) is 4.17. The van der Waals surface area contributed by atoms with Crippen molar-refractivity contribution in [3.8, 4) is 0 Å². The van der Waals surface area contributed by atoms with E-state index >= 15 is 0 Å². The highest BCUT2D eigenvalue weighted by Gasteiger charge is 2.42. The fourth-order valence-corrected chi connectivity index (χ4v) is 1.40. The Hall–Kier alpha value is -0.410. The molecule has 1 aliphatic rings. The monoisotopic (exact) mass is 200 g/mol. The van der Waals surface area contributed by atoms with Gasteiger partial charge in [0.1, 0.15) is 6.10 Å². The number of ether oxygens (including phenoxy) is 2. The second-order valence-corrected chi connectivity index (χ2v) is 4.17. The van der Waals surface area contributed by atoms with Crippen LogP contribution in [0.2, 0.25) is 0 Å². The number of carbonyl (C=O) groups is 1. The van der Waals surface area contributed by atoms with Gasteiger partial charge in [-0.2, -0.15) is 0 Å². The van der Waals surface area contributed by atoms with Crippen molar-refractivity contribution in [2.45, 2.75) is 52.4 Å².